The van der Waals surface area contributed by atoms with E-state index in [0.717, 1.165) is 0 Å². The van der Waals surface area contributed by atoms with Crippen LogP contribution < -0.4 is 18.9 Å². The highest BCUT2D eigenvalue weighted by atomic mass is 16.5. The minimum atomic E-state index is 0.140. The predicted octanol–water partition coefficient (Wildman–Crippen LogP) is 5.46. The van der Waals surface area contributed by atoms with Crippen LogP contribution in [0, 0.1) is 24.1 Å². The van der Waals surface area contributed by atoms with E-state index in [1.807, 2.05) is 24.3 Å². The molecule has 0 aliphatic carbocycles. The third kappa shape index (κ3) is 7.54. The van der Waals surface area contributed by atoms with Crippen LogP contribution in [0.15, 0.2) is 97.6 Å². The summed E-state index contributed by atoms with van der Waals surface area (Å²) in [5.41, 5.74) is 0. The van der Waals surface area contributed by atoms with Crippen molar-refractivity contribution in [1.82, 2.24) is 9.97 Å². The van der Waals surface area contributed by atoms with E-state index in [1.54, 1.807) is 73.3 Å². The fourth-order valence-electron chi connectivity index (χ4n) is 2.70. The Hall–Kier alpha value is -4.98. The number of aromatic nitrogens is 2. The van der Waals surface area contributed by atoms with Crippen molar-refractivity contribution in [3.05, 3.63) is 97.6 Å². The number of benzene rings is 2. The van der Waals surface area contributed by atoms with Crippen LogP contribution in [-0.4, -0.2) is 23.2 Å². The molecular formula is C28H20N2O5. The number of para-hydroxylation sites is 4. The van der Waals surface area contributed by atoms with Crippen molar-refractivity contribution in [3.63, 3.8) is 0 Å². The molecule has 0 unspecified atom stereocenters. The van der Waals surface area contributed by atoms with Gasteiger partial charge in [0, 0.05) is 12.4 Å². The van der Waals surface area contributed by atoms with Crippen LogP contribution in [0.2, 0.25) is 0 Å². The van der Waals surface area contributed by atoms with Gasteiger partial charge >= 0.3 is 0 Å². The van der Waals surface area contributed by atoms with Crippen molar-refractivity contribution < 1.29 is 23.7 Å². The molecule has 0 aliphatic rings. The van der Waals surface area contributed by atoms with Crippen molar-refractivity contribution in [2.45, 2.75) is 0 Å². The third-order valence-corrected chi connectivity index (χ3v) is 4.24. The van der Waals surface area contributed by atoms with Crippen molar-refractivity contribution in [3.8, 4) is 58.6 Å². The summed E-state index contributed by atoms with van der Waals surface area (Å²) < 4.78 is 27.9. The lowest BCUT2D eigenvalue weighted by Gasteiger charge is -2.08. The second-order valence-corrected chi connectivity index (χ2v) is 6.73. The van der Waals surface area contributed by atoms with Crippen LogP contribution in [0.25, 0.3) is 0 Å². The van der Waals surface area contributed by atoms with Crippen LogP contribution >= 0.6 is 0 Å². The molecule has 0 atom stereocenters. The standard InChI is InChI=1S/C28H20N2O5/c1-3-13-27(34-23-9-5-15-29-21-23)25(11-1)32-19-7-17-31-18-8-20-33-26-12-2-4-14-28(26)35-24-10-6-16-30-22-24/h1-6,9-16,21-22H,17-18H2. The monoisotopic (exact) mass is 464 g/mol. The van der Waals surface area contributed by atoms with Gasteiger partial charge in [0.1, 0.15) is 36.9 Å². The Kier molecular flexibility index (Phi) is 8.55. The summed E-state index contributed by atoms with van der Waals surface area (Å²) in [6.45, 7) is 0.280. The zero-order valence-corrected chi connectivity index (χ0v) is 18.6. The van der Waals surface area contributed by atoms with Gasteiger partial charge in [-0.15, -0.1) is 0 Å². The van der Waals surface area contributed by atoms with Gasteiger partial charge in [-0.05, 0) is 60.4 Å². The van der Waals surface area contributed by atoms with E-state index in [1.165, 1.54) is 0 Å². The van der Waals surface area contributed by atoms with Crippen LogP contribution in [0.4, 0.5) is 0 Å². The Labute approximate surface area is 203 Å². The maximum absolute atomic E-state index is 5.78. The van der Waals surface area contributed by atoms with Gasteiger partial charge in [-0.25, -0.2) is 0 Å². The summed E-state index contributed by atoms with van der Waals surface area (Å²) in [5.74, 6) is 8.80. The number of hydrogen-bond donors (Lipinski definition) is 0. The number of ether oxygens (including phenoxy) is 5. The Bertz CT molecular complexity index is 1230. The number of rotatable bonds is 8. The zero-order valence-electron chi connectivity index (χ0n) is 18.6. The first-order chi connectivity index (χ1) is 17.4. The smallest absolute Gasteiger partial charge is 0.182 e. The van der Waals surface area contributed by atoms with Crippen LogP contribution in [-0.2, 0) is 4.74 Å². The summed E-state index contributed by atoms with van der Waals surface area (Å²) in [6, 6.07) is 21.7. The van der Waals surface area contributed by atoms with Gasteiger partial charge in [0.05, 0.1) is 12.4 Å². The lowest BCUT2D eigenvalue weighted by Crippen LogP contribution is -1.95. The molecule has 2 aromatic heterocycles. The Morgan fingerprint density at radius 3 is 1.43 bits per heavy atom. The van der Waals surface area contributed by atoms with Gasteiger partial charge in [0.2, 0.25) is 0 Å². The minimum absolute atomic E-state index is 0.140. The molecule has 0 N–H and O–H groups in total. The van der Waals surface area contributed by atoms with Gasteiger partial charge in [0.25, 0.3) is 0 Å². The largest absolute Gasteiger partial charge is 0.452 e. The Morgan fingerprint density at radius 1 is 0.543 bits per heavy atom. The summed E-state index contributed by atoms with van der Waals surface area (Å²) >= 11 is 0. The van der Waals surface area contributed by atoms with E-state index in [2.05, 4.69) is 34.0 Å². The maximum atomic E-state index is 5.78. The molecule has 4 aromatic rings. The lowest BCUT2D eigenvalue weighted by atomic mass is 10.3. The van der Waals surface area contributed by atoms with Gasteiger partial charge in [-0.3, -0.25) is 9.97 Å². The van der Waals surface area contributed by atoms with Crippen LogP contribution in [0.1, 0.15) is 0 Å². The molecule has 0 fully saturated rings. The Balaban J connectivity index is 1.21. The molecule has 0 bridgehead atoms. The highest BCUT2D eigenvalue weighted by molar-refractivity contribution is 5.44. The first-order valence-electron chi connectivity index (χ1n) is 10.6. The maximum Gasteiger partial charge on any atom is 0.182 e. The average Bonchev–Trinajstić information content (AvgIpc) is 2.91. The zero-order chi connectivity index (χ0) is 24.0. The molecule has 0 amide bonds. The first kappa shape index (κ1) is 23.2. The molecule has 0 spiro atoms. The number of pyridine rings is 2. The van der Waals surface area contributed by atoms with E-state index < -0.39 is 0 Å². The molecule has 7 nitrogen and oxygen atoms in total. The third-order valence-electron chi connectivity index (χ3n) is 4.24. The number of hydrogen-bond acceptors (Lipinski definition) is 7. The molecular weight excluding hydrogens is 444 g/mol. The molecule has 0 saturated heterocycles. The molecule has 0 aliphatic heterocycles. The van der Waals surface area contributed by atoms with Crippen molar-refractivity contribution in [1.29, 1.82) is 0 Å². The summed E-state index contributed by atoms with van der Waals surface area (Å²) in [4.78, 5) is 8.05. The molecule has 35 heavy (non-hydrogen) atoms. The molecule has 2 heterocycles. The normalized spacial score (nSPS) is 9.60. The summed E-state index contributed by atoms with van der Waals surface area (Å²) in [7, 11) is 0. The first-order valence-corrected chi connectivity index (χ1v) is 10.6. The van der Waals surface area contributed by atoms with Crippen molar-refractivity contribution in [2.24, 2.45) is 0 Å². The number of nitrogens with zero attached hydrogens (tertiary/aromatic N) is 2. The highest BCUT2D eigenvalue weighted by Gasteiger charge is 2.06. The highest BCUT2D eigenvalue weighted by Crippen LogP contribution is 2.31. The van der Waals surface area contributed by atoms with E-state index in [-0.39, 0.29) is 13.2 Å². The van der Waals surface area contributed by atoms with Crippen molar-refractivity contribution in [2.75, 3.05) is 13.2 Å². The average molecular weight is 464 g/mol. The SMILES string of the molecule is C(#COc1ccccc1Oc1cccnc1)COCC#COc1ccccc1Oc1cccnc1. The van der Waals surface area contributed by atoms with Crippen LogP contribution in [0.5, 0.6) is 34.5 Å². The fraction of sp³-hybridized carbons (Fsp3) is 0.0714. The van der Waals surface area contributed by atoms with Gasteiger partial charge < -0.3 is 23.7 Å². The van der Waals surface area contributed by atoms with E-state index in [0.29, 0.717) is 34.5 Å². The van der Waals surface area contributed by atoms with E-state index in [9.17, 15) is 0 Å². The molecule has 7 heteroatoms. The quantitative estimate of drug-likeness (QED) is 0.253. The van der Waals surface area contributed by atoms with Gasteiger partial charge in [-0.1, -0.05) is 24.3 Å². The molecule has 2 aromatic carbocycles. The summed E-state index contributed by atoms with van der Waals surface area (Å²) in [6.07, 6.45) is 11.8. The summed E-state index contributed by atoms with van der Waals surface area (Å²) in [5, 5.41) is 0. The predicted molar refractivity (Wildman–Crippen MR) is 129 cm³/mol. The Morgan fingerprint density at radius 2 is 1.00 bits per heavy atom. The van der Waals surface area contributed by atoms with E-state index >= 15 is 0 Å². The van der Waals surface area contributed by atoms with E-state index in [4.69, 9.17) is 23.7 Å². The molecule has 0 saturated carbocycles. The molecule has 4 rings (SSSR count). The topological polar surface area (TPSA) is 71.9 Å². The van der Waals surface area contributed by atoms with Crippen molar-refractivity contribution >= 4 is 0 Å². The minimum Gasteiger partial charge on any atom is -0.452 e. The second-order valence-electron chi connectivity index (χ2n) is 6.73. The second kappa shape index (κ2) is 12.9. The van der Waals surface area contributed by atoms with Crippen LogP contribution in [0.3, 0.4) is 0 Å². The van der Waals surface area contributed by atoms with Gasteiger partial charge in [0.15, 0.2) is 23.0 Å². The lowest BCUT2D eigenvalue weighted by molar-refractivity contribution is 0.203. The van der Waals surface area contributed by atoms with Gasteiger partial charge in [-0.2, -0.15) is 0 Å². The molecule has 0 radical (unpaired) electrons. The molecule has 172 valence electrons. The fourth-order valence-corrected chi connectivity index (χ4v) is 2.70.